The summed E-state index contributed by atoms with van der Waals surface area (Å²) < 4.78 is 38.6. The average molecular weight is 290 g/mol. The Bertz CT molecular complexity index is 630. The molecule has 1 N–H and O–H groups in total. The van der Waals surface area contributed by atoms with Gasteiger partial charge in [-0.05, 0) is 17.7 Å². The number of hydrogen-bond donors (Lipinski definition) is 1. The van der Waals surface area contributed by atoms with Crippen LogP contribution in [-0.4, -0.2) is 6.54 Å². The molecule has 0 heterocycles. The summed E-state index contributed by atoms with van der Waals surface area (Å²) in [5, 5.41) is 11.9. The van der Waals surface area contributed by atoms with Gasteiger partial charge in [-0.2, -0.15) is 18.4 Å². The van der Waals surface area contributed by atoms with E-state index in [0.29, 0.717) is 0 Å². The number of rotatable bonds is 4. The van der Waals surface area contributed by atoms with E-state index < -0.39 is 17.7 Å². The Morgan fingerprint density at radius 3 is 2.24 bits per heavy atom. The smallest absolute Gasteiger partial charge is 0.383 e. The number of nitrogens with zero attached hydrogens (tertiary/aromatic N) is 1. The van der Waals surface area contributed by atoms with E-state index in [1.807, 2.05) is 6.07 Å². The summed E-state index contributed by atoms with van der Waals surface area (Å²) in [5.74, 6) is -0.507. The van der Waals surface area contributed by atoms with Crippen molar-refractivity contribution < 1.29 is 13.2 Å². The van der Waals surface area contributed by atoms with Gasteiger partial charge in [0.2, 0.25) is 0 Å². The van der Waals surface area contributed by atoms with E-state index in [0.717, 1.165) is 11.6 Å². The molecule has 1 unspecified atom stereocenters. The molecule has 1 atom stereocenters. The molecule has 21 heavy (non-hydrogen) atoms. The first-order valence-electron chi connectivity index (χ1n) is 6.37. The SMILES string of the molecule is N#CC(CNc1ccccc1C(F)(F)F)c1ccccc1. The molecule has 2 rings (SSSR count). The second-order valence-electron chi connectivity index (χ2n) is 4.52. The molecule has 108 valence electrons. The third kappa shape index (κ3) is 3.76. The van der Waals surface area contributed by atoms with Crippen molar-refractivity contribution in [2.45, 2.75) is 12.1 Å². The molecule has 0 aliphatic heterocycles. The van der Waals surface area contributed by atoms with Crippen molar-refractivity contribution in [3.63, 3.8) is 0 Å². The largest absolute Gasteiger partial charge is 0.418 e. The van der Waals surface area contributed by atoms with Crippen LogP contribution in [0.3, 0.4) is 0 Å². The van der Waals surface area contributed by atoms with Gasteiger partial charge in [-0.15, -0.1) is 0 Å². The lowest BCUT2D eigenvalue weighted by atomic mass is 10.0. The summed E-state index contributed by atoms with van der Waals surface area (Å²) in [6.07, 6.45) is -4.42. The Hall–Kier alpha value is -2.48. The molecule has 0 radical (unpaired) electrons. The molecule has 0 saturated heterocycles. The Morgan fingerprint density at radius 2 is 1.62 bits per heavy atom. The second-order valence-corrected chi connectivity index (χ2v) is 4.52. The van der Waals surface area contributed by atoms with E-state index in [2.05, 4.69) is 11.4 Å². The zero-order chi connectivity index (χ0) is 15.3. The highest BCUT2D eigenvalue weighted by Gasteiger charge is 2.33. The monoisotopic (exact) mass is 290 g/mol. The van der Waals surface area contributed by atoms with E-state index in [9.17, 15) is 18.4 Å². The number of anilines is 1. The maximum absolute atomic E-state index is 12.9. The van der Waals surface area contributed by atoms with Gasteiger partial charge < -0.3 is 5.32 Å². The van der Waals surface area contributed by atoms with Crippen LogP contribution in [0.1, 0.15) is 17.0 Å². The Kier molecular flexibility index (Phi) is 4.49. The van der Waals surface area contributed by atoms with Crippen molar-refractivity contribution in [1.82, 2.24) is 0 Å². The highest BCUT2D eigenvalue weighted by Crippen LogP contribution is 2.34. The number of benzene rings is 2. The fraction of sp³-hybridized carbons (Fsp3) is 0.188. The molecular formula is C16H13F3N2. The minimum absolute atomic E-state index is 0.0128. The van der Waals surface area contributed by atoms with Gasteiger partial charge in [-0.25, -0.2) is 0 Å². The van der Waals surface area contributed by atoms with Crippen molar-refractivity contribution in [3.05, 3.63) is 65.7 Å². The van der Waals surface area contributed by atoms with E-state index in [-0.39, 0.29) is 12.2 Å². The summed E-state index contributed by atoms with van der Waals surface area (Å²) in [4.78, 5) is 0. The third-order valence-electron chi connectivity index (χ3n) is 3.09. The molecule has 2 aromatic carbocycles. The van der Waals surface area contributed by atoms with Crippen LogP contribution in [0.25, 0.3) is 0 Å². The third-order valence-corrected chi connectivity index (χ3v) is 3.09. The fourth-order valence-corrected chi connectivity index (χ4v) is 2.02. The first-order valence-corrected chi connectivity index (χ1v) is 6.37. The Balaban J connectivity index is 2.15. The van der Waals surface area contributed by atoms with E-state index >= 15 is 0 Å². The molecule has 0 amide bonds. The van der Waals surface area contributed by atoms with Crippen LogP contribution < -0.4 is 5.32 Å². The summed E-state index contributed by atoms with van der Waals surface area (Å²) >= 11 is 0. The number of hydrogen-bond acceptors (Lipinski definition) is 2. The quantitative estimate of drug-likeness (QED) is 0.904. The number of nitrogens with one attached hydrogen (secondary N) is 1. The minimum atomic E-state index is -4.42. The van der Waals surface area contributed by atoms with Crippen molar-refractivity contribution in [1.29, 1.82) is 5.26 Å². The lowest BCUT2D eigenvalue weighted by molar-refractivity contribution is -0.136. The molecule has 0 fully saturated rings. The van der Waals surface area contributed by atoms with Gasteiger partial charge in [0.15, 0.2) is 0 Å². The predicted octanol–water partition coefficient (Wildman–Crippen LogP) is 4.42. The zero-order valence-corrected chi connectivity index (χ0v) is 11.1. The molecule has 0 aliphatic rings. The highest BCUT2D eigenvalue weighted by atomic mass is 19.4. The average Bonchev–Trinajstić information content (AvgIpc) is 2.48. The lowest BCUT2D eigenvalue weighted by Gasteiger charge is -2.16. The van der Waals surface area contributed by atoms with Crippen molar-refractivity contribution in [2.24, 2.45) is 0 Å². The molecular weight excluding hydrogens is 277 g/mol. The van der Waals surface area contributed by atoms with Crippen molar-refractivity contribution >= 4 is 5.69 Å². The van der Waals surface area contributed by atoms with Gasteiger partial charge in [-0.3, -0.25) is 0 Å². The van der Waals surface area contributed by atoms with Crippen molar-refractivity contribution in [2.75, 3.05) is 11.9 Å². The first kappa shape index (κ1) is 14.9. The number of halogens is 3. The van der Waals surface area contributed by atoms with Crippen LogP contribution >= 0.6 is 0 Å². The van der Waals surface area contributed by atoms with Gasteiger partial charge in [0.25, 0.3) is 0 Å². The van der Waals surface area contributed by atoms with Crippen LogP contribution in [0, 0.1) is 11.3 Å². The minimum Gasteiger partial charge on any atom is -0.383 e. The van der Waals surface area contributed by atoms with Gasteiger partial charge in [0.1, 0.15) is 0 Å². The maximum Gasteiger partial charge on any atom is 0.418 e. The van der Waals surface area contributed by atoms with Crippen LogP contribution in [-0.2, 0) is 6.18 Å². The summed E-state index contributed by atoms with van der Waals surface area (Å²) in [5.41, 5.74) is 0.0351. The highest BCUT2D eigenvalue weighted by molar-refractivity contribution is 5.53. The molecule has 5 heteroatoms. The second kappa shape index (κ2) is 6.31. The van der Waals surface area contributed by atoms with Crippen LogP contribution in [0.4, 0.5) is 18.9 Å². The topological polar surface area (TPSA) is 35.8 Å². The molecule has 0 spiro atoms. The molecule has 0 bridgehead atoms. The first-order chi connectivity index (χ1) is 10.0. The van der Waals surface area contributed by atoms with E-state index in [4.69, 9.17) is 0 Å². The number of para-hydroxylation sites is 1. The van der Waals surface area contributed by atoms with Crippen LogP contribution in [0.2, 0.25) is 0 Å². The molecule has 0 saturated carbocycles. The van der Waals surface area contributed by atoms with E-state index in [1.165, 1.54) is 18.2 Å². The number of nitriles is 1. The normalized spacial score (nSPS) is 12.5. The van der Waals surface area contributed by atoms with Crippen molar-refractivity contribution in [3.8, 4) is 6.07 Å². The summed E-state index contributed by atoms with van der Waals surface area (Å²) in [7, 11) is 0. The lowest BCUT2D eigenvalue weighted by Crippen LogP contribution is -2.15. The molecule has 2 aromatic rings. The van der Waals surface area contributed by atoms with Crippen LogP contribution in [0.5, 0.6) is 0 Å². The van der Waals surface area contributed by atoms with Gasteiger partial charge in [0, 0.05) is 12.2 Å². The van der Waals surface area contributed by atoms with Gasteiger partial charge in [0.05, 0.1) is 17.6 Å². The summed E-state index contributed by atoms with van der Waals surface area (Å²) in [6.45, 7) is 0.119. The van der Waals surface area contributed by atoms with Gasteiger partial charge >= 0.3 is 6.18 Å². The Morgan fingerprint density at radius 1 is 1.00 bits per heavy atom. The number of alkyl halides is 3. The zero-order valence-electron chi connectivity index (χ0n) is 11.1. The van der Waals surface area contributed by atoms with Gasteiger partial charge in [-0.1, -0.05) is 42.5 Å². The van der Waals surface area contributed by atoms with E-state index in [1.54, 1.807) is 24.3 Å². The predicted molar refractivity (Wildman–Crippen MR) is 74.7 cm³/mol. The standard InChI is InChI=1S/C16H13F3N2/c17-16(18,19)14-8-4-5-9-15(14)21-11-13(10-20)12-6-2-1-3-7-12/h1-9,13,21H,11H2. The maximum atomic E-state index is 12.9. The molecule has 0 aromatic heterocycles. The fourth-order valence-electron chi connectivity index (χ4n) is 2.02. The molecule has 2 nitrogen and oxygen atoms in total. The molecule has 0 aliphatic carbocycles. The Labute approximate surface area is 120 Å². The van der Waals surface area contributed by atoms with Crippen LogP contribution in [0.15, 0.2) is 54.6 Å². The summed E-state index contributed by atoms with van der Waals surface area (Å²) in [6, 6.07) is 16.3.